The predicted octanol–water partition coefficient (Wildman–Crippen LogP) is 5.54. The van der Waals surface area contributed by atoms with Crippen molar-refractivity contribution in [2.45, 2.75) is 25.8 Å². The van der Waals surface area contributed by atoms with Gasteiger partial charge in [-0.3, -0.25) is 9.59 Å². The van der Waals surface area contributed by atoms with Gasteiger partial charge in [-0.15, -0.1) is 11.3 Å². The van der Waals surface area contributed by atoms with Gasteiger partial charge in [-0.1, -0.05) is 19.1 Å². The van der Waals surface area contributed by atoms with Crippen molar-refractivity contribution in [3.8, 4) is 11.4 Å². The average molecular weight is 556 g/mol. The quantitative estimate of drug-likeness (QED) is 0.296. The largest absolute Gasteiger partial charge is 0.497 e. The van der Waals surface area contributed by atoms with Crippen LogP contribution in [0, 0.1) is 18.7 Å². The number of hydrogen-bond acceptors (Lipinski definition) is 6. The standard InChI is InChI=1S/C30H26FN5O3S/c1-16-25(29-34-17(2)27(40-29)28(32)37)26(18-4-11-23(39-3)12-5-18)35(30(16)38)22-10-13-24-19(14-22)15-33-36(24)21-8-6-20(31)7-9-21/h4-16,25-26H,1-3H3,(H2,32,37). The van der Waals surface area contributed by atoms with Crippen molar-refractivity contribution in [2.24, 2.45) is 11.7 Å². The van der Waals surface area contributed by atoms with Crippen molar-refractivity contribution in [2.75, 3.05) is 12.0 Å². The Kier molecular flexibility index (Phi) is 6.34. The molecule has 1 saturated heterocycles. The van der Waals surface area contributed by atoms with Crippen molar-refractivity contribution in [3.05, 3.63) is 99.9 Å². The molecule has 2 amide bonds. The summed E-state index contributed by atoms with van der Waals surface area (Å²) in [4.78, 5) is 32.9. The molecule has 1 aliphatic heterocycles. The van der Waals surface area contributed by atoms with Crippen LogP contribution in [0.1, 0.15) is 44.8 Å². The molecule has 40 heavy (non-hydrogen) atoms. The number of nitrogens with zero attached hydrogens (tertiary/aromatic N) is 4. The lowest BCUT2D eigenvalue weighted by atomic mass is 9.88. The monoisotopic (exact) mass is 555 g/mol. The van der Waals surface area contributed by atoms with E-state index >= 15 is 0 Å². The molecule has 10 heteroatoms. The molecule has 0 radical (unpaired) electrons. The van der Waals surface area contributed by atoms with E-state index in [-0.39, 0.29) is 23.7 Å². The van der Waals surface area contributed by atoms with Gasteiger partial charge in [-0.05, 0) is 67.1 Å². The highest BCUT2D eigenvalue weighted by molar-refractivity contribution is 7.13. The highest BCUT2D eigenvalue weighted by Crippen LogP contribution is 2.51. The first-order valence-electron chi connectivity index (χ1n) is 12.7. The average Bonchev–Trinajstić information content (AvgIpc) is 3.62. The summed E-state index contributed by atoms with van der Waals surface area (Å²) in [5.74, 6) is -0.905. The van der Waals surface area contributed by atoms with Crippen LogP contribution >= 0.6 is 11.3 Å². The number of fused-ring (bicyclic) bond motifs is 1. The highest BCUT2D eigenvalue weighted by atomic mass is 32.1. The molecule has 1 aliphatic rings. The Morgan fingerprint density at radius 2 is 1.75 bits per heavy atom. The van der Waals surface area contributed by atoms with E-state index in [0.29, 0.717) is 21.3 Å². The number of methoxy groups -OCH3 is 1. The number of amides is 2. The molecule has 1 fully saturated rings. The first kappa shape index (κ1) is 25.7. The number of aryl methyl sites for hydroxylation is 1. The molecule has 3 atom stereocenters. The number of carbonyl (C=O) groups excluding carboxylic acids is 2. The molecule has 5 aromatic rings. The van der Waals surface area contributed by atoms with Crippen LogP contribution in [0.2, 0.25) is 0 Å². The number of rotatable bonds is 6. The van der Waals surface area contributed by atoms with E-state index in [4.69, 9.17) is 15.5 Å². The number of carbonyl (C=O) groups is 2. The molecule has 2 aromatic heterocycles. The van der Waals surface area contributed by atoms with Crippen molar-refractivity contribution in [1.82, 2.24) is 14.8 Å². The van der Waals surface area contributed by atoms with Crippen LogP contribution in [-0.2, 0) is 4.79 Å². The van der Waals surface area contributed by atoms with Crippen LogP contribution in [0.3, 0.4) is 0 Å². The number of nitrogens with two attached hydrogens (primary N) is 1. The van der Waals surface area contributed by atoms with Gasteiger partial charge in [0.25, 0.3) is 5.91 Å². The van der Waals surface area contributed by atoms with E-state index in [2.05, 4.69) is 5.10 Å². The SMILES string of the molecule is COc1ccc(C2C(c3nc(C)c(C(N)=O)s3)C(C)C(=O)N2c2ccc3c(cnn3-c3ccc(F)cc3)c2)cc1. The lowest BCUT2D eigenvalue weighted by Crippen LogP contribution is -2.29. The van der Waals surface area contributed by atoms with Crippen molar-refractivity contribution >= 4 is 39.7 Å². The van der Waals surface area contributed by atoms with E-state index in [0.717, 1.165) is 27.8 Å². The van der Waals surface area contributed by atoms with Gasteiger partial charge in [0.05, 0.1) is 41.3 Å². The number of primary amides is 1. The molecule has 0 saturated carbocycles. The molecule has 0 spiro atoms. The van der Waals surface area contributed by atoms with Gasteiger partial charge in [-0.2, -0.15) is 5.10 Å². The first-order valence-corrected chi connectivity index (χ1v) is 13.6. The Labute approximate surface area is 233 Å². The van der Waals surface area contributed by atoms with Crippen LogP contribution in [-0.4, -0.2) is 33.7 Å². The third-order valence-corrected chi connectivity index (χ3v) is 8.74. The Bertz CT molecular complexity index is 1750. The summed E-state index contributed by atoms with van der Waals surface area (Å²) in [7, 11) is 1.61. The Hall–Kier alpha value is -4.57. The van der Waals surface area contributed by atoms with Gasteiger partial charge >= 0.3 is 0 Å². The Morgan fingerprint density at radius 1 is 1.05 bits per heavy atom. The fourth-order valence-electron chi connectivity index (χ4n) is 5.49. The van der Waals surface area contributed by atoms with E-state index in [1.165, 1.54) is 23.5 Å². The maximum atomic E-state index is 13.9. The molecule has 3 aromatic carbocycles. The van der Waals surface area contributed by atoms with Crippen molar-refractivity contribution in [3.63, 3.8) is 0 Å². The second kappa shape index (κ2) is 9.87. The zero-order chi connectivity index (χ0) is 28.1. The predicted molar refractivity (Wildman–Crippen MR) is 152 cm³/mol. The van der Waals surface area contributed by atoms with Crippen LogP contribution < -0.4 is 15.4 Å². The molecule has 202 valence electrons. The van der Waals surface area contributed by atoms with Crippen LogP contribution in [0.15, 0.2) is 72.9 Å². The van der Waals surface area contributed by atoms with Gasteiger partial charge in [-0.25, -0.2) is 14.1 Å². The molecule has 6 rings (SSSR count). The minimum atomic E-state index is -0.528. The molecule has 3 unspecified atom stereocenters. The molecule has 3 heterocycles. The summed E-state index contributed by atoms with van der Waals surface area (Å²) in [6.07, 6.45) is 1.73. The molecular weight excluding hydrogens is 529 g/mol. The summed E-state index contributed by atoms with van der Waals surface area (Å²) >= 11 is 1.25. The Morgan fingerprint density at radius 3 is 2.40 bits per heavy atom. The van der Waals surface area contributed by atoms with Gasteiger partial charge in [0.1, 0.15) is 16.4 Å². The second-order valence-electron chi connectivity index (χ2n) is 9.85. The number of thiazole rings is 1. The lowest BCUT2D eigenvalue weighted by molar-refractivity contribution is -0.120. The van der Waals surface area contributed by atoms with Gasteiger partial charge in [0, 0.05) is 22.9 Å². The maximum absolute atomic E-state index is 13.9. The van der Waals surface area contributed by atoms with Gasteiger partial charge in [0.2, 0.25) is 5.91 Å². The number of ether oxygens (including phenoxy) is 1. The molecule has 2 N–H and O–H groups in total. The molecule has 0 aliphatic carbocycles. The molecule has 0 bridgehead atoms. The van der Waals surface area contributed by atoms with E-state index < -0.39 is 11.8 Å². The van der Waals surface area contributed by atoms with Crippen LogP contribution in [0.5, 0.6) is 5.75 Å². The summed E-state index contributed by atoms with van der Waals surface area (Å²) < 4.78 is 20.6. The smallest absolute Gasteiger partial charge is 0.260 e. The highest BCUT2D eigenvalue weighted by Gasteiger charge is 2.49. The van der Waals surface area contributed by atoms with Gasteiger partial charge in [0.15, 0.2) is 0 Å². The van der Waals surface area contributed by atoms with E-state index in [9.17, 15) is 14.0 Å². The Balaban J connectivity index is 1.47. The third kappa shape index (κ3) is 4.21. The van der Waals surface area contributed by atoms with Gasteiger partial charge < -0.3 is 15.4 Å². The van der Waals surface area contributed by atoms with Crippen molar-refractivity contribution in [1.29, 1.82) is 0 Å². The number of benzene rings is 3. The first-order chi connectivity index (χ1) is 19.3. The zero-order valence-corrected chi connectivity index (χ0v) is 22.9. The summed E-state index contributed by atoms with van der Waals surface area (Å²) in [6, 6.07) is 19.1. The normalized spacial score (nSPS) is 18.9. The van der Waals surface area contributed by atoms with Crippen LogP contribution in [0.4, 0.5) is 10.1 Å². The summed E-state index contributed by atoms with van der Waals surface area (Å²) in [6.45, 7) is 3.66. The third-order valence-electron chi connectivity index (χ3n) is 7.46. The number of aromatic nitrogens is 3. The second-order valence-corrected chi connectivity index (χ2v) is 10.9. The summed E-state index contributed by atoms with van der Waals surface area (Å²) in [5, 5.41) is 6.04. The van der Waals surface area contributed by atoms with Crippen LogP contribution in [0.25, 0.3) is 16.6 Å². The van der Waals surface area contributed by atoms with E-state index in [1.807, 2.05) is 54.3 Å². The zero-order valence-electron chi connectivity index (χ0n) is 22.0. The topological polar surface area (TPSA) is 103 Å². The minimum Gasteiger partial charge on any atom is -0.497 e. The lowest BCUT2D eigenvalue weighted by Gasteiger charge is -2.28. The minimum absolute atomic E-state index is 0.0513. The molecule has 8 nitrogen and oxygen atoms in total. The molecular formula is C30H26FN5O3S. The summed E-state index contributed by atoms with van der Waals surface area (Å²) in [5.41, 5.74) is 9.36. The number of halogens is 1. The maximum Gasteiger partial charge on any atom is 0.260 e. The number of hydrogen-bond donors (Lipinski definition) is 1. The fourth-order valence-corrected chi connectivity index (χ4v) is 6.64. The number of anilines is 1. The fraction of sp³-hybridized carbons (Fsp3) is 0.200. The van der Waals surface area contributed by atoms with E-state index in [1.54, 1.807) is 37.0 Å². The van der Waals surface area contributed by atoms with Crippen molar-refractivity contribution < 1.29 is 18.7 Å².